The summed E-state index contributed by atoms with van der Waals surface area (Å²) in [4.78, 5) is 16.3. The molecule has 0 aliphatic heterocycles. The molecule has 2 aromatic carbocycles. The van der Waals surface area contributed by atoms with E-state index in [0.717, 1.165) is 11.1 Å². The molecule has 4 heteroatoms. The highest BCUT2D eigenvalue weighted by molar-refractivity contribution is 5.79. The summed E-state index contributed by atoms with van der Waals surface area (Å²) in [6.45, 7) is 2.73. The van der Waals surface area contributed by atoms with Crippen LogP contribution < -0.4 is 5.32 Å². The van der Waals surface area contributed by atoms with Gasteiger partial charge in [0, 0.05) is 24.9 Å². The number of hydrogen-bond donors (Lipinski definition) is 1. The number of hydrogen-bond acceptors (Lipinski definition) is 3. The van der Waals surface area contributed by atoms with Crippen LogP contribution >= 0.6 is 0 Å². The normalized spacial score (nSPS) is 12.6. The number of rotatable bonds is 5. The van der Waals surface area contributed by atoms with Gasteiger partial charge in [-0.25, -0.2) is 4.79 Å². The van der Waals surface area contributed by atoms with E-state index in [1.165, 1.54) is 22.3 Å². The van der Waals surface area contributed by atoms with Crippen LogP contribution in [0.4, 0.5) is 4.79 Å². The van der Waals surface area contributed by atoms with E-state index in [1.54, 1.807) is 6.20 Å². The Hall–Kier alpha value is -3.40. The van der Waals surface area contributed by atoms with E-state index < -0.39 is 6.09 Å². The van der Waals surface area contributed by atoms with E-state index in [0.29, 0.717) is 13.2 Å². The van der Waals surface area contributed by atoms with Crippen LogP contribution in [0.2, 0.25) is 0 Å². The van der Waals surface area contributed by atoms with Crippen molar-refractivity contribution >= 4 is 12.2 Å². The number of nitrogens with one attached hydrogen (secondary N) is 1. The van der Waals surface area contributed by atoms with Crippen LogP contribution in [0.3, 0.4) is 0 Å². The third-order valence-corrected chi connectivity index (χ3v) is 4.91. The van der Waals surface area contributed by atoms with Gasteiger partial charge in [0.05, 0.1) is 0 Å². The van der Waals surface area contributed by atoms with Gasteiger partial charge in [-0.05, 0) is 46.4 Å². The largest absolute Gasteiger partial charge is 0.449 e. The van der Waals surface area contributed by atoms with E-state index in [2.05, 4.69) is 34.6 Å². The van der Waals surface area contributed by atoms with Gasteiger partial charge in [0.2, 0.25) is 0 Å². The SMILES string of the molecule is Cc1cncc(C=CCNC(=O)OCC2c3ccccc3-c3ccccc32)c1. The predicted octanol–water partition coefficient (Wildman–Crippen LogP) is 4.94. The van der Waals surface area contributed by atoms with E-state index in [-0.39, 0.29) is 5.92 Å². The van der Waals surface area contributed by atoms with Gasteiger partial charge in [0.25, 0.3) is 0 Å². The van der Waals surface area contributed by atoms with Crippen LogP contribution in [-0.2, 0) is 4.74 Å². The molecule has 140 valence electrons. The molecular weight excluding hydrogens is 348 g/mol. The molecular formula is C24H22N2O2. The molecule has 1 amide bonds. The summed E-state index contributed by atoms with van der Waals surface area (Å²) in [7, 11) is 0. The van der Waals surface area contributed by atoms with Crippen molar-refractivity contribution < 1.29 is 9.53 Å². The van der Waals surface area contributed by atoms with Gasteiger partial charge < -0.3 is 10.1 Å². The molecule has 3 aromatic rings. The number of amides is 1. The Morgan fingerprint density at radius 2 is 1.75 bits per heavy atom. The molecule has 0 bridgehead atoms. The highest BCUT2D eigenvalue weighted by atomic mass is 16.5. The van der Waals surface area contributed by atoms with E-state index in [4.69, 9.17) is 4.74 Å². The van der Waals surface area contributed by atoms with Crippen LogP contribution in [-0.4, -0.2) is 24.2 Å². The molecule has 0 spiro atoms. The van der Waals surface area contributed by atoms with Crippen molar-refractivity contribution in [2.75, 3.05) is 13.2 Å². The number of aromatic nitrogens is 1. The number of ether oxygens (including phenoxy) is 1. The number of carbonyl (C=O) groups excluding carboxylic acids is 1. The lowest BCUT2D eigenvalue weighted by molar-refractivity contribution is 0.144. The van der Waals surface area contributed by atoms with Gasteiger partial charge in [-0.2, -0.15) is 0 Å². The molecule has 28 heavy (non-hydrogen) atoms. The molecule has 0 unspecified atom stereocenters. The number of nitrogens with zero attached hydrogens (tertiary/aromatic N) is 1. The number of benzene rings is 2. The first kappa shape index (κ1) is 18.0. The highest BCUT2D eigenvalue weighted by Crippen LogP contribution is 2.44. The maximum atomic E-state index is 12.1. The van der Waals surface area contributed by atoms with E-state index in [1.807, 2.05) is 55.6 Å². The summed E-state index contributed by atoms with van der Waals surface area (Å²) in [6, 6.07) is 18.7. The standard InChI is InChI=1S/C24H22N2O2/c1-17-13-18(15-25-14-17)7-6-12-26-24(27)28-16-23-21-10-4-2-8-19(21)20-9-3-5-11-22(20)23/h2-11,13-15,23H,12,16H2,1H3,(H,26,27). The first-order valence-corrected chi connectivity index (χ1v) is 9.39. The third kappa shape index (κ3) is 3.81. The van der Waals surface area contributed by atoms with Crippen molar-refractivity contribution in [2.45, 2.75) is 12.8 Å². The smallest absolute Gasteiger partial charge is 0.407 e. The lowest BCUT2D eigenvalue weighted by Gasteiger charge is -2.14. The monoisotopic (exact) mass is 370 g/mol. The molecule has 1 N–H and O–H groups in total. The van der Waals surface area contributed by atoms with Crippen molar-refractivity contribution in [3.05, 3.63) is 95.3 Å². The summed E-state index contributed by atoms with van der Waals surface area (Å²) in [5.41, 5.74) is 6.98. The van der Waals surface area contributed by atoms with Gasteiger partial charge in [-0.3, -0.25) is 4.98 Å². The lowest BCUT2D eigenvalue weighted by atomic mass is 9.98. The summed E-state index contributed by atoms with van der Waals surface area (Å²) in [5, 5.41) is 2.77. The first-order chi connectivity index (χ1) is 13.7. The lowest BCUT2D eigenvalue weighted by Crippen LogP contribution is -2.26. The van der Waals surface area contributed by atoms with Crippen LogP contribution in [0.5, 0.6) is 0 Å². The quantitative estimate of drug-likeness (QED) is 0.692. The minimum absolute atomic E-state index is 0.0760. The zero-order valence-electron chi connectivity index (χ0n) is 15.8. The number of pyridine rings is 1. The fourth-order valence-corrected chi connectivity index (χ4v) is 3.66. The third-order valence-electron chi connectivity index (χ3n) is 4.91. The van der Waals surface area contributed by atoms with E-state index >= 15 is 0 Å². The van der Waals surface area contributed by atoms with Crippen molar-refractivity contribution in [3.8, 4) is 11.1 Å². The average molecular weight is 370 g/mol. The van der Waals surface area contributed by atoms with E-state index in [9.17, 15) is 4.79 Å². The van der Waals surface area contributed by atoms with Crippen LogP contribution in [0, 0.1) is 6.92 Å². The van der Waals surface area contributed by atoms with Gasteiger partial charge in [0.1, 0.15) is 6.61 Å². The second kappa shape index (κ2) is 8.09. The molecule has 0 saturated heterocycles. The predicted molar refractivity (Wildman–Crippen MR) is 111 cm³/mol. The number of carbonyl (C=O) groups is 1. The molecule has 0 radical (unpaired) electrons. The van der Waals surface area contributed by atoms with Crippen LogP contribution in [0.25, 0.3) is 17.2 Å². The molecule has 1 heterocycles. The van der Waals surface area contributed by atoms with Crippen molar-refractivity contribution in [1.82, 2.24) is 10.3 Å². The summed E-state index contributed by atoms with van der Waals surface area (Å²) >= 11 is 0. The number of aryl methyl sites for hydroxylation is 1. The minimum Gasteiger partial charge on any atom is -0.449 e. The summed E-state index contributed by atoms with van der Waals surface area (Å²) in [5.74, 6) is 0.0760. The van der Waals surface area contributed by atoms with Gasteiger partial charge in [-0.15, -0.1) is 0 Å². The first-order valence-electron chi connectivity index (χ1n) is 9.39. The van der Waals surface area contributed by atoms with Gasteiger partial charge in [-0.1, -0.05) is 60.7 Å². The second-order valence-electron chi connectivity index (χ2n) is 6.90. The Bertz CT molecular complexity index is 981. The molecule has 0 atom stereocenters. The topological polar surface area (TPSA) is 51.2 Å². The van der Waals surface area contributed by atoms with Crippen molar-refractivity contribution in [2.24, 2.45) is 0 Å². The Balaban J connectivity index is 1.34. The fourth-order valence-electron chi connectivity index (χ4n) is 3.66. The Labute approximate surface area is 164 Å². The van der Waals surface area contributed by atoms with Gasteiger partial charge >= 0.3 is 6.09 Å². The van der Waals surface area contributed by atoms with Crippen molar-refractivity contribution in [1.29, 1.82) is 0 Å². The van der Waals surface area contributed by atoms with Crippen LogP contribution in [0.15, 0.2) is 73.1 Å². The molecule has 0 saturated carbocycles. The Kier molecular flexibility index (Phi) is 5.20. The van der Waals surface area contributed by atoms with Gasteiger partial charge in [0.15, 0.2) is 0 Å². The second-order valence-corrected chi connectivity index (χ2v) is 6.90. The molecule has 1 aliphatic carbocycles. The minimum atomic E-state index is -0.408. The molecule has 1 aliphatic rings. The fraction of sp³-hybridized carbons (Fsp3) is 0.167. The maximum Gasteiger partial charge on any atom is 0.407 e. The number of alkyl carbamates (subject to hydrolysis) is 1. The zero-order chi connectivity index (χ0) is 19.3. The summed E-state index contributed by atoms with van der Waals surface area (Å²) < 4.78 is 5.51. The Morgan fingerprint density at radius 3 is 2.43 bits per heavy atom. The molecule has 1 aromatic heterocycles. The number of fused-ring (bicyclic) bond motifs is 3. The Morgan fingerprint density at radius 1 is 1.07 bits per heavy atom. The maximum absolute atomic E-state index is 12.1. The highest BCUT2D eigenvalue weighted by Gasteiger charge is 2.28. The van der Waals surface area contributed by atoms with Crippen molar-refractivity contribution in [3.63, 3.8) is 0 Å². The molecule has 0 fully saturated rings. The molecule has 4 nitrogen and oxygen atoms in total. The average Bonchev–Trinajstić information content (AvgIpc) is 3.04. The summed E-state index contributed by atoms with van der Waals surface area (Å²) in [6.07, 6.45) is 7.01. The van der Waals surface area contributed by atoms with Crippen LogP contribution in [0.1, 0.15) is 28.2 Å². The molecule has 4 rings (SSSR count). The zero-order valence-corrected chi connectivity index (χ0v) is 15.8.